The molecule has 0 aliphatic carbocycles. The largest absolute Gasteiger partial charge is 0.457 e. The van der Waals surface area contributed by atoms with E-state index in [9.17, 15) is 0 Å². The number of rotatable bonds is 3. The first-order chi connectivity index (χ1) is 8.15. The summed E-state index contributed by atoms with van der Waals surface area (Å²) in [6.07, 6.45) is 0. The van der Waals surface area contributed by atoms with E-state index in [0.29, 0.717) is 5.02 Å². The first kappa shape index (κ1) is 12.0. The zero-order valence-electron chi connectivity index (χ0n) is 9.56. The van der Waals surface area contributed by atoms with E-state index in [-0.39, 0.29) is 6.04 Å². The maximum absolute atomic E-state index is 5.88. The van der Waals surface area contributed by atoms with Crippen LogP contribution in [0.5, 0.6) is 11.5 Å². The third-order valence-corrected chi connectivity index (χ3v) is 2.67. The van der Waals surface area contributed by atoms with Gasteiger partial charge < -0.3 is 10.5 Å². The fourth-order valence-corrected chi connectivity index (χ4v) is 1.69. The van der Waals surface area contributed by atoms with Gasteiger partial charge in [-0.15, -0.1) is 0 Å². The lowest BCUT2D eigenvalue weighted by Crippen LogP contribution is -2.04. The number of halogens is 1. The molecular weight excluding hydrogens is 234 g/mol. The van der Waals surface area contributed by atoms with Crippen LogP contribution < -0.4 is 10.5 Å². The highest BCUT2D eigenvalue weighted by Crippen LogP contribution is 2.25. The van der Waals surface area contributed by atoms with Crippen molar-refractivity contribution in [3.05, 3.63) is 59.1 Å². The van der Waals surface area contributed by atoms with Crippen LogP contribution in [0, 0.1) is 0 Å². The Morgan fingerprint density at radius 3 is 2.35 bits per heavy atom. The van der Waals surface area contributed by atoms with Crippen molar-refractivity contribution in [3.63, 3.8) is 0 Å². The van der Waals surface area contributed by atoms with E-state index in [0.717, 1.165) is 17.1 Å². The van der Waals surface area contributed by atoms with Crippen LogP contribution >= 0.6 is 11.6 Å². The van der Waals surface area contributed by atoms with Crippen molar-refractivity contribution in [2.75, 3.05) is 0 Å². The minimum Gasteiger partial charge on any atom is -0.457 e. The molecule has 0 unspecified atom stereocenters. The maximum Gasteiger partial charge on any atom is 0.128 e. The molecule has 0 fully saturated rings. The summed E-state index contributed by atoms with van der Waals surface area (Å²) in [5.41, 5.74) is 6.86. The van der Waals surface area contributed by atoms with Crippen molar-refractivity contribution >= 4 is 11.6 Å². The van der Waals surface area contributed by atoms with Crippen LogP contribution in [0.25, 0.3) is 0 Å². The summed E-state index contributed by atoms with van der Waals surface area (Å²) in [5, 5.41) is 0.662. The summed E-state index contributed by atoms with van der Waals surface area (Å²) < 4.78 is 5.67. The zero-order valence-corrected chi connectivity index (χ0v) is 10.3. The molecule has 2 nitrogen and oxygen atoms in total. The van der Waals surface area contributed by atoms with Crippen LogP contribution in [-0.2, 0) is 0 Å². The molecule has 2 aromatic carbocycles. The quantitative estimate of drug-likeness (QED) is 0.884. The molecule has 0 aliphatic heterocycles. The molecule has 2 rings (SSSR count). The van der Waals surface area contributed by atoms with E-state index >= 15 is 0 Å². The van der Waals surface area contributed by atoms with E-state index in [1.54, 1.807) is 6.07 Å². The SMILES string of the molecule is C[C@H](N)c1ccc(Oc2cccc(Cl)c2)cc1. The van der Waals surface area contributed by atoms with Crippen molar-refractivity contribution in [1.82, 2.24) is 0 Å². The molecule has 88 valence electrons. The Hall–Kier alpha value is -1.51. The van der Waals surface area contributed by atoms with Gasteiger partial charge in [-0.25, -0.2) is 0 Å². The van der Waals surface area contributed by atoms with Gasteiger partial charge in [0.25, 0.3) is 0 Å². The summed E-state index contributed by atoms with van der Waals surface area (Å²) in [6, 6.07) is 15.1. The van der Waals surface area contributed by atoms with E-state index in [1.165, 1.54) is 0 Å². The van der Waals surface area contributed by atoms with Crippen LogP contribution in [0.1, 0.15) is 18.5 Å². The number of benzene rings is 2. The van der Waals surface area contributed by atoms with Gasteiger partial charge >= 0.3 is 0 Å². The van der Waals surface area contributed by atoms with Crippen LogP contribution in [-0.4, -0.2) is 0 Å². The summed E-state index contributed by atoms with van der Waals surface area (Å²) in [4.78, 5) is 0. The Morgan fingerprint density at radius 1 is 1.06 bits per heavy atom. The first-order valence-electron chi connectivity index (χ1n) is 5.44. The third kappa shape index (κ3) is 3.22. The number of nitrogens with two attached hydrogens (primary N) is 1. The molecule has 3 heteroatoms. The van der Waals surface area contributed by atoms with Crippen molar-refractivity contribution in [2.24, 2.45) is 5.73 Å². The molecule has 0 radical (unpaired) electrons. The molecule has 0 aliphatic rings. The highest BCUT2D eigenvalue weighted by atomic mass is 35.5. The normalized spacial score (nSPS) is 12.2. The molecule has 0 saturated carbocycles. The highest BCUT2D eigenvalue weighted by molar-refractivity contribution is 6.30. The molecular formula is C14H14ClNO. The summed E-state index contributed by atoms with van der Waals surface area (Å²) >= 11 is 5.88. The van der Waals surface area contributed by atoms with Crippen molar-refractivity contribution in [1.29, 1.82) is 0 Å². The Morgan fingerprint density at radius 2 is 1.76 bits per heavy atom. The molecule has 2 N–H and O–H groups in total. The fourth-order valence-electron chi connectivity index (χ4n) is 1.51. The smallest absolute Gasteiger partial charge is 0.128 e. The van der Waals surface area contributed by atoms with Crippen LogP contribution in [0.15, 0.2) is 48.5 Å². The van der Waals surface area contributed by atoms with Gasteiger partial charge in [-0.05, 0) is 42.8 Å². The Balaban J connectivity index is 2.14. The summed E-state index contributed by atoms with van der Waals surface area (Å²) in [6.45, 7) is 1.95. The van der Waals surface area contributed by atoms with Crippen molar-refractivity contribution in [3.8, 4) is 11.5 Å². The highest BCUT2D eigenvalue weighted by Gasteiger charge is 2.01. The minimum absolute atomic E-state index is 0.0372. The minimum atomic E-state index is 0.0372. The van der Waals surface area contributed by atoms with Gasteiger partial charge in [0.2, 0.25) is 0 Å². The van der Waals surface area contributed by atoms with Crippen molar-refractivity contribution < 1.29 is 4.74 Å². The standard InChI is InChI=1S/C14H14ClNO/c1-10(16)11-5-7-13(8-6-11)17-14-4-2-3-12(15)9-14/h2-10H,16H2,1H3/t10-/m0/s1. The predicted molar refractivity (Wildman–Crippen MR) is 70.6 cm³/mol. The van der Waals surface area contributed by atoms with E-state index in [1.807, 2.05) is 49.4 Å². The van der Waals surface area contributed by atoms with Gasteiger partial charge in [0, 0.05) is 11.1 Å². The molecule has 0 heterocycles. The van der Waals surface area contributed by atoms with Gasteiger partial charge in [0.15, 0.2) is 0 Å². The van der Waals surface area contributed by atoms with Gasteiger partial charge in [0.05, 0.1) is 0 Å². The lowest BCUT2D eigenvalue weighted by molar-refractivity contribution is 0.482. The Kier molecular flexibility index (Phi) is 3.67. The second-order valence-electron chi connectivity index (χ2n) is 3.92. The Bertz CT molecular complexity index is 494. The number of hydrogen-bond donors (Lipinski definition) is 1. The lowest BCUT2D eigenvalue weighted by Gasteiger charge is -2.08. The molecule has 0 saturated heterocycles. The zero-order chi connectivity index (χ0) is 12.3. The Labute approximate surface area is 106 Å². The average Bonchev–Trinajstić information content (AvgIpc) is 2.29. The summed E-state index contributed by atoms with van der Waals surface area (Å²) in [7, 11) is 0. The first-order valence-corrected chi connectivity index (χ1v) is 5.82. The van der Waals surface area contributed by atoms with Crippen LogP contribution in [0.4, 0.5) is 0 Å². The van der Waals surface area contributed by atoms with Gasteiger partial charge in [-0.3, -0.25) is 0 Å². The molecule has 0 bridgehead atoms. The second-order valence-corrected chi connectivity index (χ2v) is 4.35. The topological polar surface area (TPSA) is 35.2 Å². The van der Waals surface area contributed by atoms with Crippen LogP contribution in [0.2, 0.25) is 5.02 Å². The maximum atomic E-state index is 5.88. The molecule has 2 aromatic rings. The van der Waals surface area contributed by atoms with E-state index in [4.69, 9.17) is 22.1 Å². The average molecular weight is 248 g/mol. The molecule has 0 aromatic heterocycles. The summed E-state index contributed by atoms with van der Waals surface area (Å²) in [5.74, 6) is 1.50. The van der Waals surface area contributed by atoms with E-state index in [2.05, 4.69) is 0 Å². The third-order valence-electron chi connectivity index (χ3n) is 2.44. The monoisotopic (exact) mass is 247 g/mol. The van der Waals surface area contributed by atoms with Crippen LogP contribution in [0.3, 0.4) is 0 Å². The lowest BCUT2D eigenvalue weighted by atomic mass is 10.1. The number of ether oxygens (including phenoxy) is 1. The number of hydrogen-bond acceptors (Lipinski definition) is 2. The predicted octanol–water partition coefficient (Wildman–Crippen LogP) is 4.15. The van der Waals surface area contributed by atoms with Gasteiger partial charge in [0.1, 0.15) is 11.5 Å². The van der Waals surface area contributed by atoms with Gasteiger partial charge in [-0.2, -0.15) is 0 Å². The molecule has 1 atom stereocenters. The second kappa shape index (κ2) is 5.21. The van der Waals surface area contributed by atoms with E-state index < -0.39 is 0 Å². The molecule has 0 amide bonds. The van der Waals surface area contributed by atoms with Crippen molar-refractivity contribution in [2.45, 2.75) is 13.0 Å². The molecule has 17 heavy (non-hydrogen) atoms. The fraction of sp³-hybridized carbons (Fsp3) is 0.143. The molecule has 0 spiro atoms. The van der Waals surface area contributed by atoms with Gasteiger partial charge in [-0.1, -0.05) is 29.8 Å².